The normalized spacial score (nSPS) is 55.9. The molecule has 3 aliphatic rings. The van der Waals surface area contributed by atoms with Crippen molar-refractivity contribution in [2.24, 2.45) is 21.7 Å². The van der Waals surface area contributed by atoms with E-state index in [0.29, 0.717) is 0 Å². The highest BCUT2D eigenvalue weighted by atomic mass is 16.6. The lowest BCUT2D eigenvalue weighted by Gasteiger charge is -2.66. The second-order valence-electron chi connectivity index (χ2n) is 5.96. The van der Waals surface area contributed by atoms with Gasteiger partial charge in [0.1, 0.15) is 0 Å². The van der Waals surface area contributed by atoms with Crippen LogP contribution in [-0.2, 0) is 23.9 Å². The Balaban J connectivity index is 2.32. The molecule has 4 unspecified atom stereocenters. The second kappa shape index (κ2) is 2.26. The van der Waals surface area contributed by atoms with Gasteiger partial charge in [-0.25, -0.2) is 0 Å². The number of cyclic esters (lactones) is 3. The highest BCUT2D eigenvalue weighted by Crippen LogP contribution is 2.83. The zero-order chi connectivity index (χ0) is 12.9. The average Bonchev–Trinajstić information content (AvgIpc) is 2.59. The molecule has 0 bridgehead atoms. The summed E-state index contributed by atoms with van der Waals surface area (Å²) in [5, 5.41) is 0. The van der Waals surface area contributed by atoms with Crippen LogP contribution >= 0.6 is 0 Å². The van der Waals surface area contributed by atoms with Crippen LogP contribution in [0, 0.1) is 21.7 Å². The highest BCUT2D eigenvalue weighted by molar-refractivity contribution is 6.09. The SMILES string of the molecule is CC12COC(=O)C1(C)C1(C)C(=O)OC(=O)C21C. The minimum atomic E-state index is -1.11. The molecule has 0 aromatic rings. The molecule has 4 atom stereocenters. The van der Waals surface area contributed by atoms with Crippen molar-refractivity contribution in [1.82, 2.24) is 0 Å². The minimum absolute atomic E-state index is 0.163. The smallest absolute Gasteiger partial charge is 0.321 e. The number of carbonyl (C=O) groups is 3. The van der Waals surface area contributed by atoms with Crippen molar-refractivity contribution in [2.75, 3.05) is 6.61 Å². The standard InChI is InChI=1S/C12H14O5/c1-9-5-16-6(13)10(9,2)12(4)8(15)17-7(14)11(9,12)3/h5H2,1-4H3. The number of rotatable bonds is 0. The molecule has 0 radical (unpaired) electrons. The van der Waals surface area contributed by atoms with E-state index in [1.54, 1.807) is 20.8 Å². The van der Waals surface area contributed by atoms with Crippen LogP contribution in [0.5, 0.6) is 0 Å². The van der Waals surface area contributed by atoms with Crippen molar-refractivity contribution in [2.45, 2.75) is 27.7 Å². The van der Waals surface area contributed by atoms with Crippen molar-refractivity contribution in [3.63, 3.8) is 0 Å². The quantitative estimate of drug-likeness (QED) is 0.458. The fourth-order valence-electron chi connectivity index (χ4n) is 4.24. The van der Waals surface area contributed by atoms with Crippen molar-refractivity contribution in [3.05, 3.63) is 0 Å². The molecule has 2 heterocycles. The van der Waals surface area contributed by atoms with E-state index in [1.807, 2.05) is 6.92 Å². The van der Waals surface area contributed by atoms with Gasteiger partial charge in [-0.2, -0.15) is 0 Å². The fourth-order valence-corrected chi connectivity index (χ4v) is 4.24. The van der Waals surface area contributed by atoms with E-state index in [2.05, 4.69) is 0 Å². The van der Waals surface area contributed by atoms with Crippen molar-refractivity contribution in [3.8, 4) is 0 Å². The molecule has 2 aliphatic heterocycles. The van der Waals surface area contributed by atoms with Crippen LogP contribution in [0.4, 0.5) is 0 Å². The predicted molar refractivity (Wildman–Crippen MR) is 54.5 cm³/mol. The summed E-state index contributed by atoms with van der Waals surface area (Å²) in [6.07, 6.45) is 0. The fraction of sp³-hybridized carbons (Fsp3) is 0.750. The molecule has 0 aromatic heterocycles. The molecule has 5 nitrogen and oxygen atoms in total. The largest absolute Gasteiger partial charge is 0.465 e. The topological polar surface area (TPSA) is 69.7 Å². The van der Waals surface area contributed by atoms with Crippen molar-refractivity contribution >= 4 is 17.9 Å². The molecule has 0 N–H and O–H groups in total. The molecular weight excluding hydrogens is 224 g/mol. The minimum Gasteiger partial charge on any atom is -0.465 e. The molecule has 3 fully saturated rings. The van der Waals surface area contributed by atoms with Gasteiger partial charge in [0.25, 0.3) is 0 Å². The third kappa shape index (κ3) is 0.593. The number of esters is 3. The summed E-state index contributed by atoms with van der Waals surface area (Å²) in [7, 11) is 0. The maximum absolute atomic E-state index is 12.0. The number of carbonyl (C=O) groups excluding carboxylic acids is 3. The van der Waals surface area contributed by atoms with Crippen LogP contribution in [0.25, 0.3) is 0 Å². The van der Waals surface area contributed by atoms with Crippen molar-refractivity contribution < 1.29 is 23.9 Å². The number of ether oxygens (including phenoxy) is 2. The summed E-state index contributed by atoms with van der Waals surface area (Å²) in [5.74, 6) is -1.56. The lowest BCUT2D eigenvalue weighted by molar-refractivity contribution is -0.246. The van der Waals surface area contributed by atoms with Crippen LogP contribution in [0.15, 0.2) is 0 Å². The molecule has 1 aliphatic carbocycles. The van der Waals surface area contributed by atoms with E-state index in [1.165, 1.54) is 0 Å². The van der Waals surface area contributed by atoms with Gasteiger partial charge in [-0.15, -0.1) is 0 Å². The van der Waals surface area contributed by atoms with Gasteiger partial charge in [0.05, 0.1) is 22.9 Å². The maximum Gasteiger partial charge on any atom is 0.321 e. The Bertz CT molecular complexity index is 483. The van der Waals surface area contributed by atoms with Gasteiger partial charge >= 0.3 is 17.9 Å². The summed E-state index contributed by atoms with van der Waals surface area (Å²) in [4.78, 5) is 35.9. The summed E-state index contributed by atoms with van der Waals surface area (Å²) in [6, 6.07) is 0. The summed E-state index contributed by atoms with van der Waals surface area (Å²) >= 11 is 0. The molecular formula is C12H14O5. The summed E-state index contributed by atoms with van der Waals surface area (Å²) < 4.78 is 9.89. The molecule has 0 aromatic carbocycles. The molecule has 0 spiro atoms. The third-order valence-corrected chi connectivity index (χ3v) is 6.11. The molecule has 2 saturated heterocycles. The Kier molecular flexibility index (Phi) is 1.43. The molecule has 17 heavy (non-hydrogen) atoms. The lowest BCUT2D eigenvalue weighted by Crippen LogP contribution is -2.77. The van der Waals surface area contributed by atoms with Crippen LogP contribution in [0.2, 0.25) is 0 Å². The van der Waals surface area contributed by atoms with Gasteiger partial charge in [-0.3, -0.25) is 14.4 Å². The Labute approximate surface area is 98.4 Å². The van der Waals surface area contributed by atoms with Gasteiger partial charge in [0, 0.05) is 5.41 Å². The first-order chi connectivity index (χ1) is 7.68. The van der Waals surface area contributed by atoms with E-state index < -0.39 is 39.6 Å². The zero-order valence-electron chi connectivity index (χ0n) is 10.2. The first-order valence-corrected chi connectivity index (χ1v) is 5.62. The van der Waals surface area contributed by atoms with Gasteiger partial charge in [0.15, 0.2) is 0 Å². The molecule has 92 valence electrons. The van der Waals surface area contributed by atoms with Crippen LogP contribution in [-0.4, -0.2) is 24.5 Å². The highest BCUT2D eigenvalue weighted by Gasteiger charge is 2.94. The molecule has 0 amide bonds. The predicted octanol–water partition coefficient (Wildman–Crippen LogP) is 0.665. The van der Waals surface area contributed by atoms with Gasteiger partial charge in [0.2, 0.25) is 0 Å². The molecule has 3 rings (SSSR count). The van der Waals surface area contributed by atoms with Crippen molar-refractivity contribution in [1.29, 1.82) is 0 Å². The summed E-state index contributed by atoms with van der Waals surface area (Å²) in [6.45, 7) is 7.01. The number of hydrogen-bond donors (Lipinski definition) is 0. The number of fused-ring (bicyclic) bond motifs is 4. The monoisotopic (exact) mass is 238 g/mol. The Morgan fingerprint density at radius 3 is 1.88 bits per heavy atom. The molecule has 5 heteroatoms. The Morgan fingerprint density at radius 1 is 0.824 bits per heavy atom. The van der Waals surface area contributed by atoms with E-state index >= 15 is 0 Å². The Hall–Kier alpha value is -1.39. The second-order valence-corrected chi connectivity index (χ2v) is 5.96. The van der Waals surface area contributed by atoms with E-state index in [4.69, 9.17) is 9.47 Å². The lowest BCUT2D eigenvalue weighted by atomic mass is 9.27. The van der Waals surface area contributed by atoms with E-state index in [-0.39, 0.29) is 6.61 Å². The average molecular weight is 238 g/mol. The van der Waals surface area contributed by atoms with Crippen LogP contribution in [0.1, 0.15) is 27.7 Å². The van der Waals surface area contributed by atoms with E-state index in [0.717, 1.165) is 0 Å². The van der Waals surface area contributed by atoms with Gasteiger partial charge in [-0.05, 0) is 20.8 Å². The van der Waals surface area contributed by atoms with Gasteiger partial charge in [-0.1, -0.05) is 6.92 Å². The Morgan fingerprint density at radius 2 is 1.29 bits per heavy atom. The van der Waals surface area contributed by atoms with Crippen LogP contribution in [0.3, 0.4) is 0 Å². The zero-order valence-corrected chi connectivity index (χ0v) is 10.2. The summed E-state index contributed by atoms with van der Waals surface area (Å²) in [5.41, 5.74) is -3.73. The first kappa shape index (κ1) is 10.7. The van der Waals surface area contributed by atoms with E-state index in [9.17, 15) is 14.4 Å². The number of hydrogen-bond acceptors (Lipinski definition) is 5. The third-order valence-electron chi connectivity index (χ3n) is 6.11. The molecule has 1 saturated carbocycles. The first-order valence-electron chi connectivity index (χ1n) is 5.62. The maximum atomic E-state index is 12.0. The van der Waals surface area contributed by atoms with Crippen LogP contribution < -0.4 is 0 Å². The van der Waals surface area contributed by atoms with Gasteiger partial charge < -0.3 is 9.47 Å².